The van der Waals surface area contributed by atoms with Crippen molar-refractivity contribution in [1.29, 1.82) is 0 Å². The number of thiocarbonyl (C=S) groups is 1. The molecular formula is C23H26N4O2S. The quantitative estimate of drug-likeness (QED) is 0.428. The van der Waals surface area contributed by atoms with Gasteiger partial charge in [-0.15, -0.1) is 0 Å². The minimum absolute atomic E-state index is 0.272. The topological polar surface area (TPSA) is 79.2 Å². The number of benzene rings is 2. The van der Waals surface area contributed by atoms with Crippen molar-refractivity contribution in [2.45, 2.75) is 39.2 Å². The van der Waals surface area contributed by atoms with E-state index in [-0.39, 0.29) is 5.91 Å². The summed E-state index contributed by atoms with van der Waals surface area (Å²) < 4.78 is 5.51. The van der Waals surface area contributed by atoms with Crippen LogP contribution in [0.2, 0.25) is 0 Å². The Hall–Kier alpha value is -2.93. The van der Waals surface area contributed by atoms with E-state index in [2.05, 4.69) is 35.2 Å². The van der Waals surface area contributed by atoms with Crippen molar-refractivity contribution in [3.8, 4) is 11.3 Å². The van der Waals surface area contributed by atoms with Crippen LogP contribution >= 0.6 is 12.2 Å². The number of carbonyl (C=O) groups excluding carboxylic acids is 1. The van der Waals surface area contributed by atoms with E-state index in [1.165, 1.54) is 12.8 Å². The lowest BCUT2D eigenvalue weighted by atomic mass is 9.78. The van der Waals surface area contributed by atoms with E-state index in [1.54, 1.807) is 18.2 Å². The van der Waals surface area contributed by atoms with Crippen molar-refractivity contribution < 1.29 is 9.32 Å². The third-order valence-electron chi connectivity index (χ3n) is 6.09. The highest BCUT2D eigenvalue weighted by Gasteiger charge is 2.27. The van der Waals surface area contributed by atoms with Crippen LogP contribution in [0.4, 0.5) is 0 Å². The Labute approximate surface area is 181 Å². The maximum Gasteiger partial charge on any atom is 0.269 e. The minimum atomic E-state index is -0.272. The monoisotopic (exact) mass is 422 g/mol. The lowest BCUT2D eigenvalue weighted by Gasteiger charge is -2.35. The van der Waals surface area contributed by atoms with Crippen LogP contribution < -0.4 is 16.2 Å². The van der Waals surface area contributed by atoms with Gasteiger partial charge < -0.3 is 9.84 Å². The molecule has 0 bridgehead atoms. The molecule has 7 heteroatoms. The molecule has 1 amide bonds. The standard InChI is InChI=1S/C23H26N4O2S/c1-14-7-6-10-19(15(14)2)24-23(30)26-25-22(28)17-11-12-20-18(13-17)21(29-27-20)16-8-4-3-5-9-16/h3-5,8-9,11-15,19H,6-7,10H2,1-2H3,(H,25,28)(H2,24,26,30)/t14-,15+,19+/m0/s1. The Balaban J connectivity index is 1.41. The molecule has 3 N–H and O–H groups in total. The number of fused-ring (bicyclic) bond motifs is 1. The van der Waals surface area contributed by atoms with Crippen molar-refractivity contribution in [2.24, 2.45) is 11.8 Å². The molecule has 1 aliphatic carbocycles. The molecule has 1 fully saturated rings. The predicted octanol–water partition coefficient (Wildman–Crippen LogP) is 4.43. The number of hydrogen-bond acceptors (Lipinski definition) is 4. The Morgan fingerprint density at radius 3 is 2.70 bits per heavy atom. The fourth-order valence-electron chi connectivity index (χ4n) is 4.06. The van der Waals surface area contributed by atoms with Crippen LogP contribution in [0.3, 0.4) is 0 Å². The van der Waals surface area contributed by atoms with Crippen LogP contribution in [0.5, 0.6) is 0 Å². The fraction of sp³-hybridized carbons (Fsp3) is 0.348. The zero-order valence-corrected chi connectivity index (χ0v) is 18.0. The maximum absolute atomic E-state index is 12.7. The first-order chi connectivity index (χ1) is 14.5. The number of aromatic nitrogens is 1. The van der Waals surface area contributed by atoms with E-state index < -0.39 is 0 Å². The molecule has 0 spiro atoms. The molecule has 0 saturated heterocycles. The summed E-state index contributed by atoms with van der Waals surface area (Å²) in [6.07, 6.45) is 3.54. The molecule has 1 aromatic heterocycles. The van der Waals surface area contributed by atoms with Gasteiger partial charge in [-0.2, -0.15) is 0 Å². The van der Waals surface area contributed by atoms with E-state index in [1.807, 2.05) is 30.3 Å². The van der Waals surface area contributed by atoms with Gasteiger partial charge in [-0.1, -0.05) is 62.2 Å². The van der Waals surface area contributed by atoms with Crippen LogP contribution in [0.1, 0.15) is 43.5 Å². The summed E-state index contributed by atoms with van der Waals surface area (Å²) in [5.74, 6) is 1.58. The molecule has 3 atom stereocenters. The van der Waals surface area contributed by atoms with Crippen LogP contribution in [0.25, 0.3) is 22.2 Å². The fourth-order valence-corrected chi connectivity index (χ4v) is 4.26. The first-order valence-electron chi connectivity index (χ1n) is 10.3. The Morgan fingerprint density at radius 2 is 1.90 bits per heavy atom. The number of hydrogen-bond donors (Lipinski definition) is 3. The molecule has 0 aliphatic heterocycles. The summed E-state index contributed by atoms with van der Waals surface area (Å²) in [4.78, 5) is 12.7. The van der Waals surface area contributed by atoms with Crippen molar-refractivity contribution in [2.75, 3.05) is 0 Å². The van der Waals surface area contributed by atoms with Gasteiger partial charge in [0.05, 0.1) is 5.39 Å². The average Bonchev–Trinajstić information content (AvgIpc) is 3.19. The second kappa shape index (κ2) is 8.83. The van der Waals surface area contributed by atoms with Crippen LogP contribution in [0.15, 0.2) is 53.1 Å². The summed E-state index contributed by atoms with van der Waals surface area (Å²) in [5, 5.41) is 8.66. The largest absolute Gasteiger partial charge is 0.358 e. The van der Waals surface area contributed by atoms with Gasteiger partial charge >= 0.3 is 0 Å². The van der Waals surface area contributed by atoms with Gasteiger partial charge in [-0.3, -0.25) is 15.6 Å². The first kappa shape index (κ1) is 20.3. The molecule has 6 nitrogen and oxygen atoms in total. The first-order valence-corrected chi connectivity index (χ1v) is 10.8. The Morgan fingerprint density at radius 1 is 1.10 bits per heavy atom. The van der Waals surface area contributed by atoms with Crippen molar-refractivity contribution in [1.82, 2.24) is 21.3 Å². The number of rotatable bonds is 3. The van der Waals surface area contributed by atoms with Crippen molar-refractivity contribution in [3.63, 3.8) is 0 Å². The highest BCUT2D eigenvalue weighted by atomic mass is 32.1. The molecule has 30 heavy (non-hydrogen) atoms. The van der Waals surface area contributed by atoms with E-state index in [0.29, 0.717) is 39.8 Å². The van der Waals surface area contributed by atoms with Crippen molar-refractivity contribution >= 4 is 34.1 Å². The van der Waals surface area contributed by atoms with Gasteiger partial charge in [0.2, 0.25) is 0 Å². The number of hydrazine groups is 1. The predicted molar refractivity (Wildman–Crippen MR) is 122 cm³/mol. The number of nitrogens with zero attached hydrogens (tertiary/aromatic N) is 1. The molecule has 3 aromatic rings. The smallest absolute Gasteiger partial charge is 0.269 e. The molecule has 2 aromatic carbocycles. The zero-order chi connectivity index (χ0) is 21.1. The summed E-state index contributed by atoms with van der Waals surface area (Å²) in [6, 6.07) is 15.3. The highest BCUT2D eigenvalue weighted by Crippen LogP contribution is 2.30. The summed E-state index contributed by atoms with van der Waals surface area (Å²) in [7, 11) is 0. The maximum atomic E-state index is 12.7. The molecular weight excluding hydrogens is 396 g/mol. The van der Waals surface area contributed by atoms with E-state index in [0.717, 1.165) is 17.4 Å². The molecule has 4 rings (SSSR count). The Bertz CT molecular complexity index is 1050. The molecule has 0 radical (unpaired) electrons. The highest BCUT2D eigenvalue weighted by molar-refractivity contribution is 7.80. The number of amides is 1. The number of carbonyl (C=O) groups is 1. The summed E-state index contributed by atoms with van der Waals surface area (Å²) in [5.41, 5.74) is 7.64. The second-order valence-electron chi connectivity index (χ2n) is 8.04. The van der Waals surface area contributed by atoms with E-state index in [4.69, 9.17) is 16.7 Å². The van der Waals surface area contributed by atoms with Gasteiger partial charge in [-0.25, -0.2) is 0 Å². The molecule has 1 saturated carbocycles. The van der Waals surface area contributed by atoms with Crippen LogP contribution in [-0.4, -0.2) is 22.2 Å². The average molecular weight is 423 g/mol. The molecule has 1 aliphatic rings. The van der Waals surface area contributed by atoms with Gasteiger partial charge in [-0.05, 0) is 48.7 Å². The van der Waals surface area contributed by atoms with Gasteiger partial charge in [0.1, 0.15) is 5.52 Å². The lowest BCUT2D eigenvalue weighted by molar-refractivity contribution is 0.0943. The van der Waals surface area contributed by atoms with Gasteiger partial charge in [0.15, 0.2) is 10.9 Å². The van der Waals surface area contributed by atoms with Crippen molar-refractivity contribution in [3.05, 3.63) is 54.1 Å². The summed E-state index contributed by atoms with van der Waals surface area (Å²) in [6.45, 7) is 4.53. The summed E-state index contributed by atoms with van der Waals surface area (Å²) >= 11 is 5.38. The third kappa shape index (κ3) is 4.31. The van der Waals surface area contributed by atoms with Crippen LogP contribution in [-0.2, 0) is 0 Å². The lowest BCUT2D eigenvalue weighted by Crippen LogP contribution is -2.52. The van der Waals surface area contributed by atoms with Gasteiger partial charge in [0, 0.05) is 17.2 Å². The zero-order valence-electron chi connectivity index (χ0n) is 17.1. The van der Waals surface area contributed by atoms with Gasteiger partial charge in [0.25, 0.3) is 5.91 Å². The van der Waals surface area contributed by atoms with Crippen LogP contribution in [0, 0.1) is 11.8 Å². The SMILES string of the molecule is C[C@@H]1[C@@H](C)CCC[C@H]1NC(=S)NNC(=O)c1ccc2noc(-c3ccccc3)c2c1. The van der Waals surface area contributed by atoms with E-state index in [9.17, 15) is 4.79 Å². The Kier molecular flexibility index (Phi) is 5.99. The molecule has 1 heterocycles. The normalized spacial score (nSPS) is 21.2. The minimum Gasteiger partial charge on any atom is -0.358 e. The third-order valence-corrected chi connectivity index (χ3v) is 6.31. The number of nitrogens with one attached hydrogen (secondary N) is 3. The molecule has 0 unspecified atom stereocenters. The molecule has 156 valence electrons. The van der Waals surface area contributed by atoms with E-state index >= 15 is 0 Å². The second-order valence-corrected chi connectivity index (χ2v) is 8.44.